The molecule has 1 aliphatic heterocycles. The lowest BCUT2D eigenvalue weighted by Crippen LogP contribution is -2.39. The van der Waals surface area contributed by atoms with Crippen molar-refractivity contribution in [3.8, 4) is 0 Å². The average Bonchev–Trinajstić information content (AvgIpc) is 2.75. The first kappa shape index (κ1) is 16.0. The lowest BCUT2D eigenvalue weighted by Gasteiger charge is -2.19. The second-order valence-corrected chi connectivity index (χ2v) is 6.69. The minimum absolute atomic E-state index is 0.0498. The summed E-state index contributed by atoms with van der Waals surface area (Å²) < 4.78 is 0. The van der Waals surface area contributed by atoms with Gasteiger partial charge in [0.25, 0.3) is 0 Å². The Morgan fingerprint density at radius 3 is 2.70 bits per heavy atom. The van der Waals surface area contributed by atoms with Gasteiger partial charge < -0.3 is 10.2 Å². The third-order valence-electron chi connectivity index (χ3n) is 4.87. The number of carbonyl (C=O) groups excluding carboxylic acids is 2. The molecule has 1 aromatic heterocycles. The lowest BCUT2D eigenvalue weighted by molar-refractivity contribution is -0.129. The third-order valence-corrected chi connectivity index (χ3v) is 4.87. The zero-order valence-corrected chi connectivity index (χ0v) is 13.5. The van der Waals surface area contributed by atoms with Crippen molar-refractivity contribution in [2.75, 3.05) is 6.54 Å². The number of nitrogens with zero attached hydrogens (tertiary/aromatic N) is 2. The molecular formula is C18H25N3O2. The van der Waals surface area contributed by atoms with Crippen molar-refractivity contribution in [2.45, 2.75) is 57.5 Å². The summed E-state index contributed by atoms with van der Waals surface area (Å²) in [7, 11) is 0. The van der Waals surface area contributed by atoms with Crippen LogP contribution in [0.15, 0.2) is 24.4 Å². The first-order chi connectivity index (χ1) is 11.2. The molecule has 23 heavy (non-hydrogen) atoms. The first-order valence-electron chi connectivity index (χ1n) is 8.70. The number of hydrogen-bond donors (Lipinski definition) is 1. The van der Waals surface area contributed by atoms with E-state index in [4.69, 9.17) is 0 Å². The molecule has 5 nitrogen and oxygen atoms in total. The first-order valence-corrected chi connectivity index (χ1v) is 8.70. The van der Waals surface area contributed by atoms with E-state index in [-0.39, 0.29) is 17.7 Å². The molecule has 1 aromatic rings. The fourth-order valence-electron chi connectivity index (χ4n) is 3.53. The number of hydrogen-bond acceptors (Lipinski definition) is 3. The normalized spacial score (nSPS) is 22.9. The van der Waals surface area contributed by atoms with Crippen molar-refractivity contribution in [1.29, 1.82) is 0 Å². The van der Waals surface area contributed by atoms with Gasteiger partial charge in [-0.2, -0.15) is 0 Å². The van der Waals surface area contributed by atoms with Gasteiger partial charge in [-0.05, 0) is 25.0 Å². The molecule has 1 saturated heterocycles. The molecule has 1 unspecified atom stereocenters. The minimum atomic E-state index is -0.213. The van der Waals surface area contributed by atoms with Gasteiger partial charge in [0.05, 0.1) is 18.2 Å². The maximum Gasteiger partial charge on any atom is 0.225 e. The van der Waals surface area contributed by atoms with Crippen molar-refractivity contribution in [3.05, 3.63) is 30.1 Å². The van der Waals surface area contributed by atoms with E-state index in [9.17, 15) is 9.59 Å². The zero-order chi connectivity index (χ0) is 16.1. The van der Waals surface area contributed by atoms with Crippen molar-refractivity contribution in [2.24, 2.45) is 5.92 Å². The summed E-state index contributed by atoms with van der Waals surface area (Å²) in [6.07, 6.45) is 9.13. The smallest absolute Gasteiger partial charge is 0.225 e. The van der Waals surface area contributed by atoms with Crippen LogP contribution in [0.25, 0.3) is 0 Å². The fraction of sp³-hybridized carbons (Fsp3) is 0.611. The third kappa shape index (κ3) is 4.30. The number of likely N-dealkylation sites (tertiary alicyclic amines) is 1. The molecule has 5 heteroatoms. The molecule has 1 atom stereocenters. The summed E-state index contributed by atoms with van der Waals surface area (Å²) in [5, 5.41) is 3.17. The van der Waals surface area contributed by atoms with E-state index in [1.807, 2.05) is 18.2 Å². The van der Waals surface area contributed by atoms with Crippen molar-refractivity contribution in [3.63, 3.8) is 0 Å². The largest absolute Gasteiger partial charge is 0.353 e. The Labute approximate surface area is 137 Å². The summed E-state index contributed by atoms with van der Waals surface area (Å²) in [6.45, 7) is 1.00. The average molecular weight is 315 g/mol. The Hall–Kier alpha value is -1.91. The molecule has 2 aliphatic rings. The second kappa shape index (κ2) is 7.57. The van der Waals surface area contributed by atoms with E-state index in [0.29, 0.717) is 25.6 Å². The molecule has 0 aromatic carbocycles. The van der Waals surface area contributed by atoms with E-state index < -0.39 is 0 Å². The van der Waals surface area contributed by atoms with Gasteiger partial charge in [0, 0.05) is 25.2 Å². The Kier molecular flexibility index (Phi) is 5.26. The summed E-state index contributed by atoms with van der Waals surface area (Å²) in [5.74, 6) is -0.111. The highest BCUT2D eigenvalue weighted by Gasteiger charge is 2.35. The Morgan fingerprint density at radius 2 is 2.00 bits per heavy atom. The quantitative estimate of drug-likeness (QED) is 0.867. The highest BCUT2D eigenvalue weighted by atomic mass is 16.2. The molecule has 0 radical (unpaired) electrons. The van der Waals surface area contributed by atoms with Gasteiger partial charge in [-0.25, -0.2) is 0 Å². The highest BCUT2D eigenvalue weighted by Crippen LogP contribution is 2.22. The summed E-state index contributed by atoms with van der Waals surface area (Å²) in [5.41, 5.74) is 0.866. The minimum Gasteiger partial charge on any atom is -0.353 e. The molecular weight excluding hydrogens is 290 g/mol. The van der Waals surface area contributed by atoms with E-state index in [0.717, 1.165) is 18.5 Å². The molecule has 2 heterocycles. The van der Waals surface area contributed by atoms with Crippen LogP contribution in [0.3, 0.4) is 0 Å². The van der Waals surface area contributed by atoms with Crippen molar-refractivity contribution in [1.82, 2.24) is 15.2 Å². The molecule has 1 N–H and O–H groups in total. The van der Waals surface area contributed by atoms with E-state index >= 15 is 0 Å². The van der Waals surface area contributed by atoms with Gasteiger partial charge in [-0.3, -0.25) is 14.6 Å². The van der Waals surface area contributed by atoms with Gasteiger partial charge in [-0.15, -0.1) is 0 Å². The standard InChI is InChI=1S/C18H25N3O2/c22-17-11-14(12-21(17)13-16-9-5-6-10-19-16)18(23)20-15-7-3-1-2-4-8-15/h5-6,9-10,14-15H,1-4,7-8,11-13H2,(H,20,23). The van der Waals surface area contributed by atoms with Crippen molar-refractivity contribution < 1.29 is 9.59 Å². The summed E-state index contributed by atoms with van der Waals surface area (Å²) >= 11 is 0. The molecule has 124 valence electrons. The van der Waals surface area contributed by atoms with Gasteiger partial charge in [-0.1, -0.05) is 31.7 Å². The number of pyridine rings is 1. The number of rotatable bonds is 4. The Bertz CT molecular complexity index is 538. The molecule has 2 fully saturated rings. The Balaban J connectivity index is 1.53. The molecule has 2 amide bonds. The maximum atomic E-state index is 12.5. The van der Waals surface area contributed by atoms with Gasteiger partial charge in [0.1, 0.15) is 0 Å². The molecule has 3 rings (SSSR count). The summed E-state index contributed by atoms with van der Waals surface area (Å²) in [6, 6.07) is 5.98. The van der Waals surface area contributed by atoms with Crippen LogP contribution in [-0.2, 0) is 16.1 Å². The van der Waals surface area contributed by atoms with Crippen LogP contribution in [0.2, 0.25) is 0 Å². The van der Waals surface area contributed by atoms with Gasteiger partial charge in [0.15, 0.2) is 0 Å². The monoisotopic (exact) mass is 315 g/mol. The maximum absolute atomic E-state index is 12.5. The van der Waals surface area contributed by atoms with Gasteiger partial charge >= 0.3 is 0 Å². The Morgan fingerprint density at radius 1 is 1.22 bits per heavy atom. The predicted molar refractivity (Wildman–Crippen MR) is 87.4 cm³/mol. The van der Waals surface area contributed by atoms with Gasteiger partial charge in [0.2, 0.25) is 11.8 Å². The molecule has 0 spiro atoms. The van der Waals surface area contributed by atoms with E-state index in [1.165, 1.54) is 25.7 Å². The topological polar surface area (TPSA) is 62.3 Å². The number of amides is 2. The van der Waals surface area contributed by atoms with E-state index in [2.05, 4.69) is 10.3 Å². The van der Waals surface area contributed by atoms with Crippen LogP contribution >= 0.6 is 0 Å². The molecule has 1 saturated carbocycles. The van der Waals surface area contributed by atoms with Crippen LogP contribution in [0, 0.1) is 5.92 Å². The highest BCUT2D eigenvalue weighted by molar-refractivity contribution is 5.89. The number of aromatic nitrogens is 1. The second-order valence-electron chi connectivity index (χ2n) is 6.69. The summed E-state index contributed by atoms with van der Waals surface area (Å²) in [4.78, 5) is 30.6. The predicted octanol–water partition coefficient (Wildman–Crippen LogP) is 2.27. The molecule has 1 aliphatic carbocycles. The zero-order valence-electron chi connectivity index (χ0n) is 13.5. The number of nitrogens with one attached hydrogen (secondary N) is 1. The van der Waals surface area contributed by atoms with Crippen LogP contribution in [0.5, 0.6) is 0 Å². The van der Waals surface area contributed by atoms with Crippen LogP contribution < -0.4 is 5.32 Å². The SMILES string of the molecule is O=C(NC1CCCCCC1)C1CC(=O)N(Cc2ccccn2)C1. The lowest BCUT2D eigenvalue weighted by atomic mass is 10.0. The van der Waals surface area contributed by atoms with Crippen LogP contribution in [0.4, 0.5) is 0 Å². The van der Waals surface area contributed by atoms with Crippen molar-refractivity contribution >= 4 is 11.8 Å². The van der Waals surface area contributed by atoms with E-state index in [1.54, 1.807) is 11.1 Å². The number of carbonyl (C=O) groups is 2. The fourth-order valence-corrected chi connectivity index (χ4v) is 3.53. The van der Waals surface area contributed by atoms with Crippen LogP contribution in [0.1, 0.15) is 50.6 Å². The van der Waals surface area contributed by atoms with Crippen LogP contribution in [-0.4, -0.2) is 34.3 Å². The molecule has 0 bridgehead atoms.